The molecule has 0 fully saturated rings. The number of rotatable bonds is 7. The lowest BCUT2D eigenvalue weighted by Crippen LogP contribution is -2.41. The number of guanidine groups is 1. The average Bonchev–Trinajstić information content (AvgIpc) is 3.08. The van der Waals surface area contributed by atoms with Crippen molar-refractivity contribution in [2.45, 2.75) is 12.6 Å². The molecule has 2 rings (SSSR count). The van der Waals surface area contributed by atoms with Crippen LogP contribution in [0.3, 0.4) is 0 Å². The lowest BCUT2D eigenvalue weighted by Gasteiger charge is -2.26. The van der Waals surface area contributed by atoms with E-state index < -0.39 is 0 Å². The number of nitrogens with zero attached hydrogens (tertiary/aromatic N) is 4. The number of benzene rings is 1. The van der Waals surface area contributed by atoms with Gasteiger partial charge in [-0.2, -0.15) is 0 Å². The van der Waals surface area contributed by atoms with Gasteiger partial charge in [-0.1, -0.05) is 23.7 Å². The summed E-state index contributed by atoms with van der Waals surface area (Å²) in [6.07, 6.45) is 0. The Kier molecular flexibility index (Phi) is 7.68. The van der Waals surface area contributed by atoms with Crippen LogP contribution in [0, 0.1) is 0 Å². The average molecular weight is 395 g/mol. The van der Waals surface area contributed by atoms with E-state index >= 15 is 0 Å². The molecule has 8 heteroatoms. The zero-order valence-electron chi connectivity index (χ0n) is 16.0. The van der Waals surface area contributed by atoms with Crippen molar-refractivity contribution in [1.82, 2.24) is 20.5 Å². The number of halogens is 1. The van der Waals surface area contributed by atoms with Crippen LogP contribution in [0.4, 0.5) is 5.13 Å². The maximum Gasteiger partial charge on any atom is 0.191 e. The number of nitrogens with one attached hydrogen (secondary N) is 2. The second-order valence-electron chi connectivity index (χ2n) is 6.35. The van der Waals surface area contributed by atoms with E-state index in [1.807, 2.05) is 31.1 Å². The van der Waals surface area contributed by atoms with Gasteiger partial charge in [-0.25, -0.2) is 4.98 Å². The van der Waals surface area contributed by atoms with Gasteiger partial charge in [-0.05, 0) is 31.8 Å². The minimum atomic E-state index is 0.213. The predicted octanol–water partition coefficient (Wildman–Crippen LogP) is 2.83. The smallest absolute Gasteiger partial charge is 0.191 e. The summed E-state index contributed by atoms with van der Waals surface area (Å²) in [4.78, 5) is 13.1. The van der Waals surface area contributed by atoms with Crippen LogP contribution >= 0.6 is 22.9 Å². The van der Waals surface area contributed by atoms with Gasteiger partial charge in [-0.15, -0.1) is 11.3 Å². The van der Waals surface area contributed by atoms with Crippen LogP contribution in [0.25, 0.3) is 0 Å². The highest BCUT2D eigenvalue weighted by atomic mass is 35.5. The number of thiazole rings is 1. The summed E-state index contributed by atoms with van der Waals surface area (Å²) in [6.45, 7) is 1.37. The topological polar surface area (TPSA) is 55.8 Å². The molecule has 0 saturated carbocycles. The summed E-state index contributed by atoms with van der Waals surface area (Å²) in [5.74, 6) is 0.755. The van der Waals surface area contributed by atoms with Crippen molar-refractivity contribution in [1.29, 1.82) is 0 Å². The number of anilines is 1. The van der Waals surface area contributed by atoms with Crippen molar-refractivity contribution in [2.24, 2.45) is 4.99 Å². The van der Waals surface area contributed by atoms with Gasteiger partial charge in [0, 0.05) is 38.1 Å². The van der Waals surface area contributed by atoms with E-state index in [1.165, 1.54) is 5.56 Å². The zero-order valence-corrected chi connectivity index (χ0v) is 17.5. The number of hydrogen-bond donors (Lipinski definition) is 2. The van der Waals surface area contributed by atoms with Crippen LogP contribution in [0.1, 0.15) is 17.3 Å². The van der Waals surface area contributed by atoms with Gasteiger partial charge in [0.05, 0.1) is 18.3 Å². The first-order valence-electron chi connectivity index (χ1n) is 8.39. The first-order valence-corrected chi connectivity index (χ1v) is 9.64. The first-order chi connectivity index (χ1) is 12.4. The Morgan fingerprint density at radius 3 is 2.42 bits per heavy atom. The van der Waals surface area contributed by atoms with Gasteiger partial charge < -0.3 is 20.4 Å². The molecule has 142 valence electrons. The summed E-state index contributed by atoms with van der Waals surface area (Å²) in [5, 5.41) is 10.5. The van der Waals surface area contributed by atoms with Gasteiger partial charge in [0.1, 0.15) is 0 Å². The Balaban J connectivity index is 1.92. The molecule has 0 saturated heterocycles. The van der Waals surface area contributed by atoms with E-state index in [9.17, 15) is 0 Å². The highest BCUT2D eigenvalue weighted by molar-refractivity contribution is 7.13. The molecule has 0 aliphatic rings. The van der Waals surface area contributed by atoms with Crippen LogP contribution in [0.2, 0.25) is 5.02 Å². The van der Waals surface area contributed by atoms with Crippen molar-refractivity contribution in [2.75, 3.05) is 46.7 Å². The van der Waals surface area contributed by atoms with Crippen LogP contribution in [0.15, 0.2) is 34.6 Å². The number of likely N-dealkylation sites (N-methyl/N-ethyl adjacent to an activating group) is 1. The zero-order chi connectivity index (χ0) is 19.1. The van der Waals surface area contributed by atoms with E-state index in [0.717, 1.165) is 28.4 Å². The largest absolute Gasteiger partial charge is 0.354 e. The van der Waals surface area contributed by atoms with Crippen molar-refractivity contribution < 1.29 is 0 Å². The Morgan fingerprint density at radius 2 is 1.88 bits per heavy atom. The Labute approximate surface area is 164 Å². The molecule has 1 heterocycles. The molecular formula is C18H27ClN6S. The van der Waals surface area contributed by atoms with Crippen LogP contribution < -0.4 is 15.5 Å². The fourth-order valence-electron chi connectivity index (χ4n) is 2.45. The van der Waals surface area contributed by atoms with Crippen LogP contribution in [-0.2, 0) is 6.54 Å². The Hall–Kier alpha value is -1.83. The van der Waals surface area contributed by atoms with Gasteiger partial charge >= 0.3 is 0 Å². The highest BCUT2D eigenvalue weighted by Gasteiger charge is 2.15. The molecule has 0 aliphatic carbocycles. The molecule has 0 amide bonds. The maximum atomic E-state index is 6.00. The van der Waals surface area contributed by atoms with Gasteiger partial charge in [0.2, 0.25) is 0 Å². The number of hydrogen-bond acceptors (Lipinski definition) is 5. The van der Waals surface area contributed by atoms with Crippen molar-refractivity contribution in [3.05, 3.63) is 45.9 Å². The summed E-state index contributed by atoms with van der Waals surface area (Å²) < 4.78 is 0. The quantitative estimate of drug-likeness (QED) is 0.558. The fraction of sp³-hybridized carbons (Fsp3) is 0.444. The summed E-state index contributed by atoms with van der Waals surface area (Å²) in [6, 6.07) is 8.17. The highest BCUT2D eigenvalue weighted by Crippen LogP contribution is 2.20. The third-order valence-electron chi connectivity index (χ3n) is 3.92. The first kappa shape index (κ1) is 20.5. The summed E-state index contributed by atoms with van der Waals surface area (Å²) in [5.41, 5.74) is 2.21. The summed E-state index contributed by atoms with van der Waals surface area (Å²) >= 11 is 7.63. The normalized spacial score (nSPS) is 13.0. The minimum absolute atomic E-state index is 0.213. The van der Waals surface area contributed by atoms with Crippen LogP contribution in [0.5, 0.6) is 0 Å². The molecule has 0 spiro atoms. The van der Waals surface area contributed by atoms with Gasteiger partial charge in [0.15, 0.2) is 11.1 Å². The Morgan fingerprint density at radius 1 is 1.19 bits per heavy atom. The third kappa shape index (κ3) is 5.86. The minimum Gasteiger partial charge on any atom is -0.354 e. The SMILES string of the molecule is CN=C(NCc1csc(N(C)C)n1)NCC(c1ccc(Cl)cc1)N(C)C. The molecule has 0 bridgehead atoms. The van der Waals surface area contributed by atoms with Crippen molar-refractivity contribution in [3.63, 3.8) is 0 Å². The monoisotopic (exact) mass is 394 g/mol. The lowest BCUT2D eigenvalue weighted by molar-refractivity contribution is 0.298. The van der Waals surface area contributed by atoms with E-state index in [4.69, 9.17) is 11.6 Å². The van der Waals surface area contributed by atoms with Crippen molar-refractivity contribution in [3.8, 4) is 0 Å². The van der Waals surface area contributed by atoms with Crippen LogP contribution in [-0.4, -0.2) is 57.6 Å². The molecule has 26 heavy (non-hydrogen) atoms. The molecule has 1 aromatic heterocycles. The molecule has 1 unspecified atom stereocenters. The molecule has 6 nitrogen and oxygen atoms in total. The van der Waals surface area contributed by atoms with Crippen molar-refractivity contribution >= 4 is 34.0 Å². The standard InChI is InChI=1S/C18H27ClN6S/c1-20-17(21-10-15-12-26-18(23-15)25(4)5)22-11-16(24(2)3)13-6-8-14(19)9-7-13/h6-9,12,16H,10-11H2,1-5H3,(H2,20,21,22). The molecule has 1 atom stereocenters. The Bertz CT molecular complexity index is 711. The maximum absolute atomic E-state index is 6.00. The lowest BCUT2D eigenvalue weighted by atomic mass is 10.1. The fourth-order valence-corrected chi connectivity index (χ4v) is 3.34. The van der Waals surface area contributed by atoms with E-state index in [1.54, 1.807) is 18.4 Å². The van der Waals surface area contributed by atoms with E-state index in [2.05, 4.69) is 57.1 Å². The molecule has 2 N–H and O–H groups in total. The number of aromatic nitrogens is 1. The number of aliphatic imine (C=N–C) groups is 1. The molecule has 0 radical (unpaired) electrons. The molecule has 2 aromatic rings. The van der Waals surface area contributed by atoms with Gasteiger partial charge in [-0.3, -0.25) is 4.99 Å². The summed E-state index contributed by atoms with van der Waals surface area (Å²) in [7, 11) is 9.89. The molecule has 0 aliphatic heterocycles. The molecule has 1 aromatic carbocycles. The van der Waals surface area contributed by atoms with E-state index in [0.29, 0.717) is 6.54 Å². The predicted molar refractivity (Wildman–Crippen MR) is 113 cm³/mol. The van der Waals surface area contributed by atoms with Gasteiger partial charge in [0.25, 0.3) is 0 Å². The third-order valence-corrected chi connectivity index (χ3v) is 5.23. The second-order valence-corrected chi connectivity index (χ2v) is 7.63. The second kappa shape index (κ2) is 9.75. The van der Waals surface area contributed by atoms with E-state index in [-0.39, 0.29) is 6.04 Å². The molecular weight excluding hydrogens is 368 g/mol.